The molecule has 35 heavy (non-hydrogen) atoms. The van der Waals surface area contributed by atoms with Crippen LogP contribution < -0.4 is 0 Å². The maximum absolute atomic E-state index is 13.4. The van der Waals surface area contributed by atoms with Gasteiger partial charge in [0.05, 0.1) is 18.2 Å². The number of halogens is 3. The lowest BCUT2D eigenvalue weighted by Gasteiger charge is -2.23. The van der Waals surface area contributed by atoms with E-state index < -0.39 is 30.0 Å². The van der Waals surface area contributed by atoms with Crippen LogP contribution in [0.4, 0.5) is 18.0 Å². The molecule has 0 saturated carbocycles. The Kier molecular flexibility index (Phi) is 6.67. The molecule has 0 spiro atoms. The molecule has 0 unspecified atom stereocenters. The van der Waals surface area contributed by atoms with E-state index in [0.717, 1.165) is 34.4 Å². The first-order valence-corrected chi connectivity index (χ1v) is 11.8. The van der Waals surface area contributed by atoms with E-state index in [4.69, 9.17) is 4.74 Å². The minimum absolute atomic E-state index is 0.303. The molecule has 1 aliphatic heterocycles. The summed E-state index contributed by atoms with van der Waals surface area (Å²) in [6.07, 6.45) is -5.77. The van der Waals surface area contributed by atoms with E-state index in [0.29, 0.717) is 23.6 Å². The summed E-state index contributed by atoms with van der Waals surface area (Å²) in [5.74, 6) is 0.383. The molecule has 2 atom stereocenters. The molecule has 184 valence electrons. The summed E-state index contributed by atoms with van der Waals surface area (Å²) in [5.41, 5.74) is 5.44. The molecule has 3 nitrogen and oxygen atoms in total. The molecule has 1 fully saturated rings. The van der Waals surface area contributed by atoms with Crippen LogP contribution >= 0.6 is 0 Å². The number of hydrogen-bond donors (Lipinski definition) is 0. The molecule has 4 rings (SSSR count). The lowest BCUT2D eigenvalue weighted by Crippen LogP contribution is -2.31. The molecular formula is C29H30F3NO2. The van der Waals surface area contributed by atoms with Crippen LogP contribution in [0.3, 0.4) is 0 Å². The van der Waals surface area contributed by atoms with Gasteiger partial charge in [0.2, 0.25) is 0 Å². The van der Waals surface area contributed by atoms with Crippen molar-refractivity contribution in [3.05, 3.63) is 94.0 Å². The van der Waals surface area contributed by atoms with Crippen LogP contribution in [-0.4, -0.2) is 17.0 Å². The molecule has 1 heterocycles. The average molecular weight is 482 g/mol. The topological polar surface area (TPSA) is 29.5 Å². The van der Waals surface area contributed by atoms with Gasteiger partial charge in [-0.05, 0) is 66.6 Å². The first kappa shape index (κ1) is 24.8. The molecule has 0 N–H and O–H groups in total. The highest BCUT2D eigenvalue weighted by Crippen LogP contribution is 2.38. The number of rotatable bonds is 5. The third kappa shape index (κ3) is 5.21. The van der Waals surface area contributed by atoms with E-state index in [1.165, 1.54) is 5.56 Å². The van der Waals surface area contributed by atoms with Crippen molar-refractivity contribution >= 4 is 6.09 Å². The van der Waals surface area contributed by atoms with Crippen LogP contribution in [0.2, 0.25) is 0 Å². The maximum atomic E-state index is 13.4. The van der Waals surface area contributed by atoms with Gasteiger partial charge in [0.1, 0.15) is 6.10 Å². The van der Waals surface area contributed by atoms with Crippen LogP contribution in [0.1, 0.15) is 66.2 Å². The van der Waals surface area contributed by atoms with Gasteiger partial charge in [-0.15, -0.1) is 0 Å². The van der Waals surface area contributed by atoms with Crippen molar-refractivity contribution in [2.24, 2.45) is 0 Å². The Morgan fingerprint density at radius 2 is 1.71 bits per heavy atom. The number of amides is 1. The predicted octanol–water partition coefficient (Wildman–Crippen LogP) is 8.19. The summed E-state index contributed by atoms with van der Waals surface area (Å²) < 4.78 is 45.7. The van der Waals surface area contributed by atoms with E-state index >= 15 is 0 Å². The van der Waals surface area contributed by atoms with Crippen molar-refractivity contribution in [1.82, 2.24) is 4.90 Å². The van der Waals surface area contributed by atoms with Gasteiger partial charge in [-0.3, -0.25) is 4.90 Å². The fourth-order valence-electron chi connectivity index (χ4n) is 4.68. The first-order valence-electron chi connectivity index (χ1n) is 11.8. The Morgan fingerprint density at radius 3 is 2.40 bits per heavy atom. The van der Waals surface area contributed by atoms with Crippen LogP contribution in [0.25, 0.3) is 11.1 Å². The number of benzene rings is 3. The number of nitrogens with zero attached hydrogens (tertiary/aromatic N) is 1. The Morgan fingerprint density at radius 1 is 0.971 bits per heavy atom. The van der Waals surface area contributed by atoms with Crippen LogP contribution in [0.5, 0.6) is 0 Å². The Balaban J connectivity index is 1.66. The second-order valence-corrected chi connectivity index (χ2v) is 9.74. The van der Waals surface area contributed by atoms with Gasteiger partial charge < -0.3 is 4.74 Å². The number of cyclic esters (lactones) is 1. The number of carbonyl (C=O) groups excluding carboxylic acids is 1. The van der Waals surface area contributed by atoms with Crippen LogP contribution in [0.15, 0.2) is 60.7 Å². The smallest absolute Gasteiger partial charge is 0.416 e. The Hall–Kier alpha value is -3.28. The van der Waals surface area contributed by atoms with Crippen LogP contribution in [-0.2, 0) is 17.5 Å². The highest BCUT2D eigenvalue weighted by atomic mass is 19.4. The van der Waals surface area contributed by atoms with Crippen molar-refractivity contribution in [3.8, 4) is 11.1 Å². The number of hydrogen-bond acceptors (Lipinski definition) is 2. The SMILES string of the molecule is Cc1cc([C@H]2OC(=O)N(Cc3cc(C)ccc3-c3cccc(C(C)C)c3)[C@H]2C)cc(C(F)(F)F)c1. The molecule has 0 aromatic heterocycles. The van der Waals surface area contributed by atoms with Gasteiger partial charge in [-0.2, -0.15) is 13.2 Å². The molecule has 0 bridgehead atoms. The van der Waals surface area contributed by atoms with E-state index in [9.17, 15) is 18.0 Å². The van der Waals surface area contributed by atoms with Gasteiger partial charge in [0.25, 0.3) is 0 Å². The summed E-state index contributed by atoms with van der Waals surface area (Å²) in [7, 11) is 0. The average Bonchev–Trinajstić information content (AvgIpc) is 3.06. The number of carbonyl (C=O) groups is 1. The predicted molar refractivity (Wildman–Crippen MR) is 131 cm³/mol. The first-order chi connectivity index (χ1) is 16.4. The summed E-state index contributed by atoms with van der Waals surface area (Å²) in [6, 6.07) is 17.9. The van der Waals surface area contributed by atoms with Crippen molar-refractivity contribution in [2.75, 3.05) is 0 Å². The van der Waals surface area contributed by atoms with E-state index in [1.807, 2.05) is 26.0 Å². The fraction of sp³-hybridized carbons (Fsp3) is 0.345. The Bertz CT molecular complexity index is 1250. The van der Waals surface area contributed by atoms with Gasteiger partial charge in [0, 0.05) is 0 Å². The van der Waals surface area contributed by atoms with Gasteiger partial charge in [-0.25, -0.2) is 4.79 Å². The van der Waals surface area contributed by atoms with Gasteiger partial charge in [-0.1, -0.05) is 73.5 Å². The summed E-state index contributed by atoms with van der Waals surface area (Å²) in [4.78, 5) is 14.5. The number of aryl methyl sites for hydroxylation is 2. The molecule has 3 aromatic carbocycles. The van der Waals surface area contributed by atoms with Crippen molar-refractivity contribution in [2.45, 2.75) is 65.4 Å². The lowest BCUT2D eigenvalue weighted by molar-refractivity contribution is -0.137. The highest BCUT2D eigenvalue weighted by molar-refractivity contribution is 5.73. The number of alkyl halides is 3. The number of ether oxygens (including phenoxy) is 1. The molecule has 6 heteroatoms. The molecule has 0 radical (unpaired) electrons. The maximum Gasteiger partial charge on any atom is 0.416 e. The molecule has 3 aromatic rings. The molecule has 1 amide bonds. The van der Waals surface area contributed by atoms with Crippen molar-refractivity contribution in [1.29, 1.82) is 0 Å². The molecular weight excluding hydrogens is 451 g/mol. The summed E-state index contributed by atoms with van der Waals surface area (Å²) in [5, 5.41) is 0. The van der Waals surface area contributed by atoms with Crippen LogP contribution in [0, 0.1) is 13.8 Å². The monoisotopic (exact) mass is 481 g/mol. The van der Waals surface area contributed by atoms with Gasteiger partial charge in [0.15, 0.2) is 0 Å². The van der Waals surface area contributed by atoms with E-state index in [1.54, 1.807) is 17.9 Å². The molecule has 1 aliphatic rings. The summed E-state index contributed by atoms with van der Waals surface area (Å²) in [6.45, 7) is 10.0. The lowest BCUT2D eigenvalue weighted by atomic mass is 9.93. The summed E-state index contributed by atoms with van der Waals surface area (Å²) >= 11 is 0. The van der Waals surface area contributed by atoms with E-state index in [-0.39, 0.29) is 0 Å². The quantitative estimate of drug-likeness (QED) is 0.368. The third-order valence-corrected chi connectivity index (χ3v) is 6.61. The standard InChI is InChI=1S/C29H30F3NO2/c1-17(2)21-7-6-8-22(14-21)26-10-9-18(3)11-24(26)16-33-20(5)27(35-28(33)34)23-12-19(4)13-25(15-23)29(30,31)32/h6-15,17,20,27H,16H2,1-5H3/t20-,27-/m0/s1. The zero-order chi connectivity index (χ0) is 25.5. The highest BCUT2D eigenvalue weighted by Gasteiger charge is 2.41. The van der Waals surface area contributed by atoms with Crippen molar-refractivity contribution in [3.63, 3.8) is 0 Å². The van der Waals surface area contributed by atoms with Gasteiger partial charge >= 0.3 is 12.3 Å². The van der Waals surface area contributed by atoms with E-state index in [2.05, 4.69) is 44.2 Å². The second kappa shape index (κ2) is 9.40. The second-order valence-electron chi connectivity index (χ2n) is 9.74. The minimum atomic E-state index is -4.46. The fourth-order valence-corrected chi connectivity index (χ4v) is 4.68. The van der Waals surface area contributed by atoms with Crippen molar-refractivity contribution < 1.29 is 22.7 Å². The Labute approximate surface area is 204 Å². The third-order valence-electron chi connectivity index (χ3n) is 6.61. The zero-order valence-corrected chi connectivity index (χ0v) is 20.6. The largest absolute Gasteiger partial charge is 0.439 e. The minimum Gasteiger partial charge on any atom is -0.439 e. The zero-order valence-electron chi connectivity index (χ0n) is 20.6. The normalized spacial score (nSPS) is 18.3. The molecule has 1 saturated heterocycles. The molecule has 0 aliphatic carbocycles.